The van der Waals surface area contributed by atoms with E-state index in [-0.39, 0.29) is 5.56 Å². The van der Waals surface area contributed by atoms with Gasteiger partial charge in [0.2, 0.25) is 5.75 Å². The van der Waals surface area contributed by atoms with Crippen LogP contribution in [0.2, 0.25) is 0 Å². The molecular formula is C21H20N6O2. The molecule has 8 nitrogen and oxygen atoms in total. The molecule has 1 aromatic carbocycles. The van der Waals surface area contributed by atoms with Gasteiger partial charge in [-0.1, -0.05) is 18.2 Å². The fraction of sp³-hybridized carbons (Fsp3) is 0.190. The molecule has 0 radical (unpaired) electrons. The van der Waals surface area contributed by atoms with Crippen molar-refractivity contribution in [1.82, 2.24) is 19.9 Å². The van der Waals surface area contributed by atoms with Gasteiger partial charge in [-0.05, 0) is 30.2 Å². The highest BCUT2D eigenvalue weighted by Gasteiger charge is 2.20. The Labute approximate surface area is 166 Å². The maximum absolute atomic E-state index is 12.2. The largest absolute Gasteiger partial charge is 0.485 e. The first-order valence-corrected chi connectivity index (χ1v) is 9.55. The lowest BCUT2D eigenvalue weighted by atomic mass is 10.1. The quantitative estimate of drug-likeness (QED) is 0.419. The van der Waals surface area contributed by atoms with Crippen LogP contribution >= 0.6 is 0 Å². The van der Waals surface area contributed by atoms with Gasteiger partial charge in [0.05, 0.1) is 12.1 Å². The molecule has 0 atom stereocenters. The van der Waals surface area contributed by atoms with Crippen LogP contribution in [-0.4, -0.2) is 39.6 Å². The molecule has 4 N–H and O–H groups in total. The van der Waals surface area contributed by atoms with Gasteiger partial charge in [0, 0.05) is 29.8 Å². The van der Waals surface area contributed by atoms with Gasteiger partial charge in [0.15, 0.2) is 17.5 Å². The van der Waals surface area contributed by atoms with E-state index in [2.05, 4.69) is 42.7 Å². The first-order chi connectivity index (χ1) is 14.3. The summed E-state index contributed by atoms with van der Waals surface area (Å²) in [6.45, 7) is 1.86. The zero-order chi connectivity index (χ0) is 19.6. The monoisotopic (exact) mass is 388 g/mol. The van der Waals surface area contributed by atoms with Gasteiger partial charge in [-0.25, -0.2) is 9.97 Å². The van der Waals surface area contributed by atoms with Crippen LogP contribution in [0.3, 0.4) is 0 Å². The van der Waals surface area contributed by atoms with E-state index in [0.717, 1.165) is 11.9 Å². The second-order valence-corrected chi connectivity index (χ2v) is 6.80. The normalized spacial score (nSPS) is 12.8. The molecule has 4 heterocycles. The molecule has 29 heavy (non-hydrogen) atoms. The number of hydrogen-bond donors (Lipinski definition) is 4. The zero-order valence-electron chi connectivity index (χ0n) is 15.7. The molecule has 146 valence electrons. The highest BCUT2D eigenvalue weighted by molar-refractivity contribution is 5.83. The Bertz CT molecular complexity index is 1230. The van der Waals surface area contributed by atoms with E-state index in [9.17, 15) is 4.79 Å². The third kappa shape index (κ3) is 3.29. The molecule has 1 aliphatic rings. The number of ether oxygens (including phenoxy) is 1. The smallest absolute Gasteiger partial charge is 0.259 e. The molecule has 3 aromatic heterocycles. The van der Waals surface area contributed by atoms with E-state index in [1.807, 2.05) is 18.3 Å². The van der Waals surface area contributed by atoms with Gasteiger partial charge in [-0.15, -0.1) is 0 Å². The molecule has 5 rings (SSSR count). The number of nitrogens with zero attached hydrogens (tertiary/aromatic N) is 2. The fourth-order valence-corrected chi connectivity index (χ4v) is 3.52. The summed E-state index contributed by atoms with van der Waals surface area (Å²) in [6, 6.07) is 11.7. The molecule has 8 heteroatoms. The number of hydrogen-bond acceptors (Lipinski definition) is 6. The Morgan fingerprint density at radius 2 is 2.03 bits per heavy atom. The van der Waals surface area contributed by atoms with Crippen molar-refractivity contribution in [3.05, 3.63) is 64.7 Å². The van der Waals surface area contributed by atoms with Crippen molar-refractivity contribution in [3.8, 4) is 17.1 Å². The first kappa shape index (κ1) is 17.3. The van der Waals surface area contributed by atoms with E-state index >= 15 is 0 Å². The van der Waals surface area contributed by atoms with Gasteiger partial charge >= 0.3 is 0 Å². The van der Waals surface area contributed by atoms with Crippen molar-refractivity contribution >= 4 is 22.5 Å². The molecular weight excluding hydrogens is 368 g/mol. The van der Waals surface area contributed by atoms with Crippen LogP contribution in [0.15, 0.2) is 53.6 Å². The van der Waals surface area contributed by atoms with Crippen molar-refractivity contribution < 1.29 is 4.74 Å². The Hall–Kier alpha value is -3.81. The molecule has 0 saturated carbocycles. The van der Waals surface area contributed by atoms with Gasteiger partial charge in [0.25, 0.3) is 5.56 Å². The van der Waals surface area contributed by atoms with Crippen LogP contribution in [0.1, 0.15) is 5.56 Å². The van der Waals surface area contributed by atoms with Crippen LogP contribution < -0.4 is 20.9 Å². The van der Waals surface area contributed by atoms with Gasteiger partial charge in [0.1, 0.15) is 6.61 Å². The van der Waals surface area contributed by atoms with Gasteiger partial charge < -0.3 is 25.3 Å². The number of benzene rings is 1. The van der Waals surface area contributed by atoms with Crippen LogP contribution in [0, 0.1) is 0 Å². The number of para-hydroxylation sites is 1. The highest BCUT2D eigenvalue weighted by Crippen LogP contribution is 2.34. The number of aromatic amines is 2. The standard InChI is InChI=1S/C21H20N6O2/c28-21-15(5-3-8-24-21)18-26-19(17-20(27-18)23-10-11-29-17)22-9-7-13-12-25-16-6-2-1-4-14(13)16/h1-6,8,12,25H,7,9-11H2,(H,24,28)(H2,22,23,26,27). The molecule has 0 aliphatic carbocycles. The molecule has 1 aliphatic heterocycles. The Kier molecular flexibility index (Phi) is 4.36. The third-order valence-electron chi connectivity index (χ3n) is 4.93. The molecule has 4 aromatic rings. The molecule has 0 spiro atoms. The van der Waals surface area contributed by atoms with Gasteiger partial charge in [-0.3, -0.25) is 4.79 Å². The summed E-state index contributed by atoms with van der Waals surface area (Å²) in [7, 11) is 0. The van der Waals surface area contributed by atoms with Crippen LogP contribution in [0.4, 0.5) is 11.6 Å². The predicted octanol–water partition coefficient (Wildman–Crippen LogP) is 2.77. The van der Waals surface area contributed by atoms with Crippen molar-refractivity contribution in [1.29, 1.82) is 0 Å². The lowest BCUT2D eigenvalue weighted by molar-refractivity contribution is 0.321. The summed E-state index contributed by atoms with van der Waals surface area (Å²) >= 11 is 0. The van der Waals surface area contributed by atoms with E-state index in [1.165, 1.54) is 10.9 Å². The van der Waals surface area contributed by atoms with E-state index in [4.69, 9.17) is 4.74 Å². The minimum atomic E-state index is -0.228. The van der Waals surface area contributed by atoms with E-state index < -0.39 is 0 Å². The molecule has 0 saturated heterocycles. The summed E-state index contributed by atoms with van der Waals surface area (Å²) in [5.74, 6) is 2.13. The second-order valence-electron chi connectivity index (χ2n) is 6.80. The second kappa shape index (κ2) is 7.31. The minimum Gasteiger partial charge on any atom is -0.485 e. The number of pyridine rings is 1. The maximum atomic E-state index is 12.2. The van der Waals surface area contributed by atoms with E-state index in [0.29, 0.717) is 48.5 Å². The molecule has 0 unspecified atom stereocenters. The number of rotatable bonds is 5. The molecule has 0 amide bonds. The first-order valence-electron chi connectivity index (χ1n) is 9.55. The number of nitrogens with one attached hydrogen (secondary N) is 4. The lowest BCUT2D eigenvalue weighted by Crippen LogP contribution is -2.22. The topological polar surface area (TPSA) is 108 Å². The van der Waals surface area contributed by atoms with Crippen LogP contribution in [0.5, 0.6) is 5.75 Å². The number of H-pyrrole nitrogens is 2. The number of aromatic nitrogens is 4. The third-order valence-corrected chi connectivity index (χ3v) is 4.93. The summed E-state index contributed by atoms with van der Waals surface area (Å²) in [5.41, 5.74) is 2.55. The van der Waals surface area contributed by atoms with Crippen LogP contribution in [0.25, 0.3) is 22.3 Å². The predicted molar refractivity (Wildman–Crippen MR) is 113 cm³/mol. The average molecular weight is 388 g/mol. The Balaban J connectivity index is 1.43. The number of fused-ring (bicyclic) bond motifs is 2. The molecule has 0 bridgehead atoms. The van der Waals surface area contributed by atoms with Crippen molar-refractivity contribution in [3.63, 3.8) is 0 Å². The molecule has 0 fully saturated rings. The average Bonchev–Trinajstić information content (AvgIpc) is 3.17. The summed E-state index contributed by atoms with van der Waals surface area (Å²) in [6.07, 6.45) is 4.44. The summed E-state index contributed by atoms with van der Waals surface area (Å²) < 4.78 is 5.79. The lowest BCUT2D eigenvalue weighted by Gasteiger charge is -2.21. The van der Waals surface area contributed by atoms with Crippen molar-refractivity contribution in [2.75, 3.05) is 30.3 Å². The summed E-state index contributed by atoms with van der Waals surface area (Å²) in [5, 5.41) is 7.81. The Morgan fingerprint density at radius 3 is 2.97 bits per heavy atom. The highest BCUT2D eigenvalue weighted by atomic mass is 16.5. The van der Waals surface area contributed by atoms with Gasteiger partial charge in [-0.2, -0.15) is 0 Å². The zero-order valence-corrected chi connectivity index (χ0v) is 15.7. The Morgan fingerprint density at radius 1 is 1.10 bits per heavy atom. The minimum absolute atomic E-state index is 0.228. The number of anilines is 2. The SMILES string of the molecule is O=c1[nH]cccc1-c1nc2c(c(NCCc3c[nH]c4ccccc34)n1)OCCN2. The fourth-order valence-electron chi connectivity index (χ4n) is 3.52. The van der Waals surface area contributed by atoms with E-state index in [1.54, 1.807) is 18.3 Å². The van der Waals surface area contributed by atoms with Crippen molar-refractivity contribution in [2.45, 2.75) is 6.42 Å². The maximum Gasteiger partial charge on any atom is 0.259 e. The van der Waals surface area contributed by atoms with Crippen molar-refractivity contribution in [2.24, 2.45) is 0 Å². The van der Waals surface area contributed by atoms with Crippen LogP contribution in [-0.2, 0) is 6.42 Å². The summed E-state index contributed by atoms with van der Waals surface area (Å²) in [4.78, 5) is 27.2.